The summed E-state index contributed by atoms with van der Waals surface area (Å²) in [5.41, 5.74) is 2.45. The van der Waals surface area contributed by atoms with Crippen molar-refractivity contribution in [2.45, 2.75) is 0 Å². The Hall–Kier alpha value is -4.05. The molecule has 0 unspecified atom stereocenters. The molecule has 3 aromatic rings. The number of hydrogen-bond donors (Lipinski definition) is 2. The molecule has 2 aromatic carbocycles. The number of aromatic amines is 1. The highest BCUT2D eigenvalue weighted by molar-refractivity contribution is 7.10. The summed E-state index contributed by atoms with van der Waals surface area (Å²) in [5, 5.41) is 22.3. The Morgan fingerprint density at radius 2 is 2.03 bits per heavy atom. The minimum Gasteiger partial charge on any atom is -0.497 e. The Morgan fingerprint density at radius 3 is 2.77 bits per heavy atom. The fourth-order valence-electron chi connectivity index (χ4n) is 2.86. The molecule has 0 aliphatic carbocycles. The van der Waals surface area contributed by atoms with Crippen molar-refractivity contribution >= 4 is 46.5 Å². The van der Waals surface area contributed by atoms with Crippen LogP contribution in [-0.2, 0) is 0 Å². The van der Waals surface area contributed by atoms with Gasteiger partial charge in [-0.05, 0) is 30.3 Å². The number of aromatic nitrogens is 1. The van der Waals surface area contributed by atoms with Crippen LogP contribution in [0.5, 0.6) is 5.75 Å². The van der Waals surface area contributed by atoms with Crippen LogP contribution < -0.4 is 14.9 Å². The zero-order valence-corrected chi connectivity index (χ0v) is 16.5. The van der Waals surface area contributed by atoms with Crippen molar-refractivity contribution in [3.05, 3.63) is 84.3 Å². The van der Waals surface area contributed by atoms with Crippen LogP contribution in [0.25, 0.3) is 6.08 Å². The Bertz CT molecular complexity index is 1250. The van der Waals surface area contributed by atoms with Gasteiger partial charge in [0, 0.05) is 29.0 Å². The van der Waals surface area contributed by atoms with Crippen LogP contribution in [0.1, 0.15) is 10.4 Å². The van der Waals surface area contributed by atoms with Crippen LogP contribution in [0.3, 0.4) is 0 Å². The number of H-pyrrole nitrogens is 1. The summed E-state index contributed by atoms with van der Waals surface area (Å²) >= 11 is 1.03. The van der Waals surface area contributed by atoms with Crippen molar-refractivity contribution < 1.29 is 9.66 Å². The van der Waals surface area contributed by atoms with E-state index in [0.717, 1.165) is 22.8 Å². The first-order valence-electron chi connectivity index (χ1n) is 8.75. The van der Waals surface area contributed by atoms with Gasteiger partial charge in [-0.15, -0.1) is 5.10 Å². The van der Waals surface area contributed by atoms with E-state index in [9.17, 15) is 14.9 Å². The van der Waals surface area contributed by atoms with Crippen LogP contribution in [0, 0.1) is 10.1 Å². The molecular weight excluding hydrogens is 406 g/mol. The number of ether oxygens (including phenoxy) is 1. The van der Waals surface area contributed by atoms with Gasteiger partial charge in [0.15, 0.2) is 0 Å². The molecule has 0 radical (unpaired) electrons. The molecule has 30 heavy (non-hydrogen) atoms. The van der Waals surface area contributed by atoms with E-state index < -0.39 is 4.92 Å². The number of nitrogens with one attached hydrogen (secondary N) is 2. The molecule has 10 heteroatoms. The van der Waals surface area contributed by atoms with Crippen molar-refractivity contribution in [1.29, 1.82) is 0 Å². The summed E-state index contributed by atoms with van der Waals surface area (Å²) in [6.07, 6.45) is 3.32. The molecule has 150 valence electrons. The molecule has 1 aliphatic heterocycles. The quantitative estimate of drug-likeness (QED) is 0.461. The topological polar surface area (TPSA) is 122 Å². The van der Waals surface area contributed by atoms with Gasteiger partial charge in [0.05, 0.1) is 23.1 Å². The summed E-state index contributed by atoms with van der Waals surface area (Å²) in [6, 6.07) is 13.5. The number of methoxy groups -OCH3 is 1. The fraction of sp³-hybridized carbons (Fsp3) is 0.0500. The van der Waals surface area contributed by atoms with Gasteiger partial charge in [0.2, 0.25) is 0 Å². The molecule has 2 N–H and O–H groups in total. The van der Waals surface area contributed by atoms with Gasteiger partial charge < -0.3 is 10.1 Å². The van der Waals surface area contributed by atoms with E-state index in [4.69, 9.17) is 4.74 Å². The lowest BCUT2D eigenvalue weighted by Crippen LogP contribution is -2.03. The maximum absolute atomic E-state index is 12.0. The first-order chi connectivity index (χ1) is 14.5. The standard InChI is InChI=1S/C20H15N5O4S/c1-29-16-7-5-14(6-8-16)22-19-17(30-20(26)23-19)10-13-11-21-24-18(13)12-3-2-4-15(9-12)25(27)28/h2-11,22H,1H3,(H,23,26). The van der Waals surface area contributed by atoms with Crippen LogP contribution in [0.2, 0.25) is 0 Å². The zero-order chi connectivity index (χ0) is 21.1. The van der Waals surface area contributed by atoms with Crippen molar-refractivity contribution in [1.82, 2.24) is 4.98 Å². The van der Waals surface area contributed by atoms with E-state index in [1.54, 1.807) is 31.5 Å². The molecule has 0 amide bonds. The number of anilines is 2. The predicted octanol–water partition coefficient (Wildman–Crippen LogP) is 3.97. The highest BCUT2D eigenvalue weighted by atomic mass is 32.1. The van der Waals surface area contributed by atoms with Crippen molar-refractivity contribution in [3.8, 4) is 5.75 Å². The number of benzene rings is 2. The van der Waals surface area contributed by atoms with E-state index in [1.165, 1.54) is 12.1 Å². The van der Waals surface area contributed by atoms with Crippen LogP contribution in [-0.4, -0.2) is 28.9 Å². The maximum atomic E-state index is 12.0. The number of allylic oxidation sites excluding steroid dienone is 1. The van der Waals surface area contributed by atoms with Crippen molar-refractivity contribution in [3.63, 3.8) is 0 Å². The minimum atomic E-state index is -0.460. The fourth-order valence-corrected chi connectivity index (χ4v) is 3.60. The lowest BCUT2D eigenvalue weighted by molar-refractivity contribution is -0.384. The van der Waals surface area contributed by atoms with Crippen molar-refractivity contribution in [2.75, 3.05) is 12.4 Å². The number of nitro benzene ring substituents is 1. The number of nitrogens with zero attached hydrogens (tertiary/aromatic N) is 3. The first-order valence-corrected chi connectivity index (χ1v) is 9.57. The van der Waals surface area contributed by atoms with E-state index >= 15 is 0 Å². The molecule has 0 atom stereocenters. The number of nitro groups is 1. The molecule has 1 aromatic heterocycles. The molecule has 9 nitrogen and oxygen atoms in total. The molecule has 0 fully saturated rings. The van der Waals surface area contributed by atoms with E-state index in [1.807, 2.05) is 24.3 Å². The minimum absolute atomic E-state index is 0.0328. The number of hydrogen-bond acceptors (Lipinski definition) is 8. The normalized spacial score (nSPS) is 14.0. The molecule has 0 bridgehead atoms. The summed E-state index contributed by atoms with van der Waals surface area (Å²) in [7, 11) is 1.59. The molecular formula is C20H15N5O4S. The molecule has 0 saturated heterocycles. The largest absolute Gasteiger partial charge is 0.497 e. The van der Waals surface area contributed by atoms with Crippen LogP contribution in [0.4, 0.5) is 17.2 Å². The summed E-state index contributed by atoms with van der Waals surface area (Å²) in [6.45, 7) is 0. The average Bonchev–Trinajstić information content (AvgIpc) is 3.35. The Kier molecular flexibility index (Phi) is 5.22. The van der Waals surface area contributed by atoms with Gasteiger partial charge in [-0.1, -0.05) is 23.5 Å². The highest BCUT2D eigenvalue weighted by Crippen LogP contribution is 2.26. The Morgan fingerprint density at radius 1 is 1.23 bits per heavy atom. The number of thiazole rings is 1. The third-order valence-electron chi connectivity index (χ3n) is 4.28. The molecule has 0 saturated carbocycles. The highest BCUT2D eigenvalue weighted by Gasteiger charge is 2.18. The van der Waals surface area contributed by atoms with Gasteiger partial charge in [-0.25, -0.2) is 0 Å². The lowest BCUT2D eigenvalue weighted by atomic mass is 10.0. The number of non-ortho nitro benzene ring substituents is 1. The average molecular weight is 421 g/mol. The molecule has 4 rings (SSSR count). The van der Waals surface area contributed by atoms with Gasteiger partial charge in [-0.2, -0.15) is 5.10 Å². The van der Waals surface area contributed by atoms with Gasteiger partial charge >= 0.3 is 4.87 Å². The monoisotopic (exact) mass is 421 g/mol. The molecule has 1 aliphatic rings. The van der Waals surface area contributed by atoms with E-state index in [0.29, 0.717) is 27.5 Å². The zero-order valence-electron chi connectivity index (χ0n) is 15.7. The summed E-state index contributed by atoms with van der Waals surface area (Å²) in [4.78, 5) is 25.8. The van der Waals surface area contributed by atoms with Crippen LogP contribution in [0.15, 0.2) is 69.1 Å². The van der Waals surface area contributed by atoms with Gasteiger partial charge in [0.25, 0.3) is 5.69 Å². The van der Waals surface area contributed by atoms with Gasteiger partial charge in [-0.3, -0.25) is 19.9 Å². The lowest BCUT2D eigenvalue weighted by Gasteiger charge is -2.07. The summed E-state index contributed by atoms with van der Waals surface area (Å²) in [5.74, 6) is 1.25. The van der Waals surface area contributed by atoms with Crippen LogP contribution >= 0.6 is 11.3 Å². The Balaban J connectivity index is 1.65. The number of rotatable bonds is 6. The third kappa shape index (κ3) is 4.03. The predicted molar refractivity (Wildman–Crippen MR) is 117 cm³/mol. The second kappa shape index (κ2) is 8.13. The molecule has 2 heterocycles. The maximum Gasteiger partial charge on any atom is 0.306 e. The smallest absolute Gasteiger partial charge is 0.306 e. The molecule has 0 spiro atoms. The van der Waals surface area contributed by atoms with Crippen molar-refractivity contribution in [2.24, 2.45) is 10.2 Å². The van der Waals surface area contributed by atoms with E-state index in [2.05, 4.69) is 20.5 Å². The SMILES string of the molecule is COc1ccc(Nc2[nH]c(=O)sc2C=C2C=NN=C2c2cccc([N+](=O)[O-])c2)cc1. The third-order valence-corrected chi connectivity index (χ3v) is 5.11. The van der Waals surface area contributed by atoms with Gasteiger partial charge in [0.1, 0.15) is 17.3 Å². The second-order valence-electron chi connectivity index (χ2n) is 6.21. The Labute approximate surface area is 174 Å². The summed E-state index contributed by atoms with van der Waals surface area (Å²) < 4.78 is 5.15. The van der Waals surface area contributed by atoms with E-state index in [-0.39, 0.29) is 10.6 Å². The second-order valence-corrected chi connectivity index (χ2v) is 7.22. The first kappa shape index (κ1) is 19.3.